The van der Waals surface area contributed by atoms with Gasteiger partial charge in [-0.25, -0.2) is 0 Å². The molecular weight excluding hydrogens is 383 g/mol. The van der Waals surface area contributed by atoms with Crippen molar-refractivity contribution in [3.05, 3.63) is 35.5 Å². The second-order valence-electron chi connectivity index (χ2n) is 6.81. The second kappa shape index (κ2) is 7.25. The van der Waals surface area contributed by atoms with Gasteiger partial charge in [-0.05, 0) is 36.5 Å². The predicted octanol–water partition coefficient (Wildman–Crippen LogP) is 3.14. The number of alkyl halides is 3. The zero-order chi connectivity index (χ0) is 19.0. The lowest BCUT2D eigenvalue weighted by Gasteiger charge is -2.30. The summed E-state index contributed by atoms with van der Waals surface area (Å²) >= 11 is 1.07. The van der Waals surface area contributed by atoms with Crippen molar-refractivity contribution < 1.29 is 27.8 Å². The average Bonchev–Trinajstić information content (AvgIpc) is 3.18. The van der Waals surface area contributed by atoms with Crippen LogP contribution in [-0.2, 0) is 6.61 Å². The van der Waals surface area contributed by atoms with E-state index in [1.807, 2.05) is 0 Å². The largest absolute Gasteiger partial charge is 0.573 e. The molecular formula is C17H18F3N3O3S. The number of halogens is 3. The van der Waals surface area contributed by atoms with Gasteiger partial charge >= 0.3 is 6.36 Å². The van der Waals surface area contributed by atoms with Crippen LogP contribution in [0.15, 0.2) is 24.3 Å². The third-order valence-corrected chi connectivity index (χ3v) is 5.54. The lowest BCUT2D eigenvalue weighted by molar-refractivity contribution is -0.274. The summed E-state index contributed by atoms with van der Waals surface area (Å²) in [6.07, 6.45) is -3.16. The molecule has 2 fully saturated rings. The Morgan fingerprint density at radius 2 is 1.93 bits per heavy atom. The fourth-order valence-electron chi connectivity index (χ4n) is 3.72. The topological polar surface area (TPSA) is 67.7 Å². The minimum Gasteiger partial charge on any atom is -0.471 e. The Hall–Kier alpha value is -1.91. The summed E-state index contributed by atoms with van der Waals surface area (Å²) in [7, 11) is 0. The minimum absolute atomic E-state index is 0.0784. The third kappa shape index (κ3) is 4.17. The molecule has 1 N–H and O–H groups in total. The number of benzene rings is 1. The number of nitrogens with zero attached hydrogens (tertiary/aromatic N) is 3. The second-order valence-corrected chi connectivity index (χ2v) is 7.34. The smallest absolute Gasteiger partial charge is 0.471 e. The number of rotatable bonds is 5. The van der Waals surface area contributed by atoms with Gasteiger partial charge in [-0.1, -0.05) is 12.1 Å². The molecule has 1 aromatic carbocycles. The Morgan fingerprint density at radius 1 is 1.15 bits per heavy atom. The molecule has 0 saturated carbocycles. The van der Waals surface area contributed by atoms with Crippen LogP contribution < -0.4 is 9.47 Å². The maximum absolute atomic E-state index is 12.2. The summed E-state index contributed by atoms with van der Waals surface area (Å²) in [5.41, 5.74) is 1.47. The summed E-state index contributed by atoms with van der Waals surface area (Å²) in [6, 6.07) is 5.61. The molecule has 0 spiro atoms. The Balaban J connectivity index is 1.39. The van der Waals surface area contributed by atoms with E-state index in [9.17, 15) is 18.3 Å². The fourth-order valence-corrected chi connectivity index (χ4v) is 4.27. The fraction of sp³-hybridized carbons (Fsp3) is 0.529. The van der Waals surface area contributed by atoms with Crippen molar-refractivity contribution in [3.63, 3.8) is 0 Å². The number of piperidine rings is 1. The van der Waals surface area contributed by atoms with E-state index in [1.165, 1.54) is 24.3 Å². The van der Waals surface area contributed by atoms with Crippen molar-refractivity contribution in [1.29, 1.82) is 0 Å². The number of aliphatic hydroxyl groups is 1. The average molecular weight is 401 g/mol. The maximum Gasteiger partial charge on any atom is 0.573 e. The number of ether oxygens (including phenoxy) is 2. The Morgan fingerprint density at radius 3 is 2.67 bits per heavy atom. The van der Waals surface area contributed by atoms with Crippen LogP contribution in [0.1, 0.15) is 30.1 Å². The molecule has 2 saturated heterocycles. The molecule has 27 heavy (non-hydrogen) atoms. The number of fused-ring (bicyclic) bond motifs is 2. The molecule has 146 valence electrons. The Bertz CT molecular complexity index is 782. The van der Waals surface area contributed by atoms with Crippen molar-refractivity contribution in [3.8, 4) is 11.6 Å². The van der Waals surface area contributed by atoms with Gasteiger partial charge in [0.25, 0.3) is 5.88 Å². The van der Waals surface area contributed by atoms with E-state index in [0.717, 1.165) is 36.8 Å². The Kier molecular flexibility index (Phi) is 4.95. The lowest BCUT2D eigenvalue weighted by Crippen LogP contribution is -2.31. The van der Waals surface area contributed by atoms with Gasteiger partial charge in [-0.15, -0.1) is 17.5 Å². The van der Waals surface area contributed by atoms with Crippen LogP contribution in [0.2, 0.25) is 0 Å². The van der Waals surface area contributed by atoms with E-state index in [0.29, 0.717) is 23.9 Å². The zero-order valence-corrected chi connectivity index (χ0v) is 15.0. The van der Waals surface area contributed by atoms with Crippen molar-refractivity contribution >= 4 is 11.7 Å². The molecule has 1 aromatic heterocycles. The van der Waals surface area contributed by atoms with Crippen LogP contribution in [0.25, 0.3) is 0 Å². The first-order valence-corrected chi connectivity index (χ1v) is 9.34. The number of hydrogen-bond acceptors (Lipinski definition) is 7. The van der Waals surface area contributed by atoms with Gasteiger partial charge in [0, 0.05) is 13.1 Å². The summed E-state index contributed by atoms with van der Waals surface area (Å²) in [5.74, 6) is 0.502. The first kappa shape index (κ1) is 18.5. The quantitative estimate of drug-likeness (QED) is 0.830. The molecule has 0 amide bonds. The molecule has 2 aromatic rings. The van der Waals surface area contributed by atoms with Gasteiger partial charge in [0.05, 0.1) is 23.9 Å². The third-order valence-electron chi connectivity index (χ3n) is 5.02. The van der Waals surface area contributed by atoms with Crippen LogP contribution in [0.5, 0.6) is 11.6 Å². The number of aliphatic hydroxyl groups excluding tert-OH is 1. The molecule has 4 atom stereocenters. The van der Waals surface area contributed by atoms with E-state index in [4.69, 9.17) is 4.74 Å². The zero-order valence-electron chi connectivity index (χ0n) is 14.2. The summed E-state index contributed by atoms with van der Waals surface area (Å²) < 4.78 is 54.8. The van der Waals surface area contributed by atoms with Crippen molar-refractivity contribution in [2.75, 3.05) is 13.1 Å². The molecule has 4 unspecified atom stereocenters. The SMILES string of the molecule is OC1CN2CC1CCC2c1nsnc1OCc1ccc(OC(F)(F)F)cc1. The van der Waals surface area contributed by atoms with Crippen molar-refractivity contribution in [2.24, 2.45) is 5.92 Å². The van der Waals surface area contributed by atoms with Crippen LogP contribution in [-0.4, -0.2) is 44.3 Å². The van der Waals surface area contributed by atoms with Gasteiger partial charge in [0.2, 0.25) is 0 Å². The molecule has 4 rings (SSSR count). The highest BCUT2D eigenvalue weighted by molar-refractivity contribution is 6.99. The summed E-state index contributed by atoms with van der Waals surface area (Å²) in [4.78, 5) is 2.21. The van der Waals surface area contributed by atoms with E-state index in [1.54, 1.807) is 0 Å². The summed E-state index contributed by atoms with van der Waals surface area (Å²) in [5, 5.41) is 10.0. The van der Waals surface area contributed by atoms with Gasteiger partial charge in [0.1, 0.15) is 18.1 Å². The standard InChI is InChI=1S/C17H18F3N3O3S/c18-17(19,20)26-12-4-1-10(2-5-12)9-25-16-15(21-27-22-16)13-6-3-11-7-23(13)8-14(11)24/h1-2,4-5,11,13-14,24H,3,6-9H2. The first-order chi connectivity index (χ1) is 12.9. The molecule has 2 aliphatic rings. The van der Waals surface area contributed by atoms with Crippen LogP contribution in [0, 0.1) is 5.92 Å². The Labute approximate surface area is 157 Å². The monoisotopic (exact) mass is 401 g/mol. The summed E-state index contributed by atoms with van der Waals surface area (Å²) in [6.45, 7) is 1.65. The molecule has 2 aliphatic heterocycles. The highest BCUT2D eigenvalue weighted by atomic mass is 32.1. The van der Waals surface area contributed by atoms with E-state index in [-0.39, 0.29) is 24.5 Å². The molecule has 3 heterocycles. The van der Waals surface area contributed by atoms with Crippen LogP contribution >= 0.6 is 11.7 Å². The lowest BCUT2D eigenvalue weighted by atomic mass is 9.93. The molecule has 0 aliphatic carbocycles. The highest BCUT2D eigenvalue weighted by Crippen LogP contribution is 2.41. The van der Waals surface area contributed by atoms with Gasteiger partial charge < -0.3 is 14.6 Å². The van der Waals surface area contributed by atoms with Crippen molar-refractivity contribution in [1.82, 2.24) is 13.6 Å². The van der Waals surface area contributed by atoms with E-state index in [2.05, 4.69) is 18.4 Å². The van der Waals surface area contributed by atoms with Gasteiger partial charge in [0.15, 0.2) is 0 Å². The first-order valence-electron chi connectivity index (χ1n) is 8.61. The molecule has 6 nitrogen and oxygen atoms in total. The molecule has 0 radical (unpaired) electrons. The van der Waals surface area contributed by atoms with Crippen LogP contribution in [0.3, 0.4) is 0 Å². The predicted molar refractivity (Wildman–Crippen MR) is 90.4 cm³/mol. The van der Waals surface area contributed by atoms with Crippen molar-refractivity contribution in [2.45, 2.75) is 38.0 Å². The maximum atomic E-state index is 12.2. The van der Waals surface area contributed by atoms with Gasteiger partial charge in [-0.2, -0.15) is 4.37 Å². The number of hydrogen-bond donors (Lipinski definition) is 1. The molecule has 10 heteroatoms. The van der Waals surface area contributed by atoms with E-state index >= 15 is 0 Å². The normalized spacial score (nSPS) is 27.6. The minimum atomic E-state index is -4.71. The number of aromatic nitrogens is 2. The molecule has 2 bridgehead atoms. The van der Waals surface area contributed by atoms with Gasteiger partial charge in [-0.3, -0.25) is 4.90 Å². The van der Waals surface area contributed by atoms with E-state index < -0.39 is 6.36 Å². The van der Waals surface area contributed by atoms with Crippen LogP contribution in [0.4, 0.5) is 13.2 Å². The highest BCUT2D eigenvalue weighted by Gasteiger charge is 2.42.